The highest BCUT2D eigenvalue weighted by atomic mass is 16.7. The number of aryl methyl sites for hydroxylation is 1. The molecule has 2 heterocycles. The minimum absolute atomic E-state index is 0.126. The summed E-state index contributed by atoms with van der Waals surface area (Å²) in [5, 5.41) is 0.529. The average Bonchev–Trinajstić information content (AvgIpc) is 3.48. The zero-order chi connectivity index (χ0) is 27.6. The molecule has 0 bridgehead atoms. The molecule has 1 aromatic heterocycles. The minimum atomic E-state index is -0.555. The summed E-state index contributed by atoms with van der Waals surface area (Å²) < 4.78 is 12.7. The van der Waals surface area contributed by atoms with Crippen molar-refractivity contribution in [2.75, 3.05) is 6.79 Å². The van der Waals surface area contributed by atoms with E-state index in [1.807, 2.05) is 79.7 Å². The number of carbonyl (C=O) groups excluding carboxylic acids is 1. The van der Waals surface area contributed by atoms with Gasteiger partial charge in [0, 0.05) is 12.1 Å². The second-order valence-corrected chi connectivity index (χ2v) is 9.77. The summed E-state index contributed by atoms with van der Waals surface area (Å²) in [7, 11) is 0. The summed E-state index contributed by atoms with van der Waals surface area (Å²) in [4.78, 5) is 35.0. The molecule has 0 fully saturated rings. The quantitative estimate of drug-likeness (QED) is 0.255. The monoisotopic (exact) mass is 531 g/mol. The number of carbonyl (C=O) groups is 1. The molecule has 0 saturated heterocycles. The van der Waals surface area contributed by atoms with Gasteiger partial charge in [0.25, 0.3) is 11.5 Å². The van der Waals surface area contributed by atoms with E-state index in [-0.39, 0.29) is 18.3 Å². The van der Waals surface area contributed by atoms with Crippen LogP contribution in [-0.4, -0.2) is 27.2 Å². The number of benzene rings is 4. The number of aromatic nitrogens is 2. The van der Waals surface area contributed by atoms with Gasteiger partial charge in [0.2, 0.25) is 6.79 Å². The van der Waals surface area contributed by atoms with Gasteiger partial charge in [0.15, 0.2) is 11.5 Å². The fraction of sp³-hybridized carbons (Fsp3) is 0.182. The molecule has 0 spiro atoms. The number of nitrogens with zero attached hydrogens (tertiary/aromatic N) is 3. The van der Waals surface area contributed by atoms with E-state index in [1.54, 1.807) is 33.7 Å². The molecule has 1 amide bonds. The van der Waals surface area contributed by atoms with Crippen LogP contribution in [0.1, 0.15) is 47.2 Å². The molecule has 1 atom stereocenters. The van der Waals surface area contributed by atoms with E-state index in [4.69, 9.17) is 14.5 Å². The summed E-state index contributed by atoms with van der Waals surface area (Å²) >= 11 is 0. The predicted octanol–water partition coefficient (Wildman–Crippen LogP) is 6.08. The van der Waals surface area contributed by atoms with Gasteiger partial charge in [-0.3, -0.25) is 14.2 Å². The first-order valence-electron chi connectivity index (χ1n) is 13.4. The lowest BCUT2D eigenvalue weighted by Gasteiger charge is -2.31. The van der Waals surface area contributed by atoms with Gasteiger partial charge in [0.05, 0.1) is 22.6 Å². The minimum Gasteiger partial charge on any atom is -0.454 e. The van der Waals surface area contributed by atoms with Crippen molar-refractivity contribution >= 4 is 16.8 Å². The zero-order valence-electron chi connectivity index (χ0n) is 22.4. The van der Waals surface area contributed by atoms with Gasteiger partial charge in [-0.2, -0.15) is 0 Å². The molecule has 6 rings (SSSR count). The van der Waals surface area contributed by atoms with Crippen molar-refractivity contribution in [1.82, 2.24) is 14.5 Å². The number of rotatable bonds is 7. The first-order valence-corrected chi connectivity index (χ1v) is 13.4. The van der Waals surface area contributed by atoms with E-state index < -0.39 is 6.04 Å². The molecule has 0 aliphatic carbocycles. The van der Waals surface area contributed by atoms with Gasteiger partial charge < -0.3 is 14.4 Å². The fourth-order valence-corrected chi connectivity index (χ4v) is 5.19. The van der Waals surface area contributed by atoms with E-state index in [0.29, 0.717) is 40.3 Å². The SMILES string of the molecule is CCc1ccccc1-n1c(C(C)N(Cc2ccccc2)C(=O)c2ccc3c(c2)OCO3)nc2ccccc2c1=O. The summed E-state index contributed by atoms with van der Waals surface area (Å²) in [6.45, 7) is 4.44. The third-order valence-electron chi connectivity index (χ3n) is 7.33. The van der Waals surface area contributed by atoms with E-state index in [1.165, 1.54) is 0 Å². The Bertz CT molecular complexity index is 1760. The molecule has 7 heteroatoms. The molecule has 1 unspecified atom stereocenters. The molecule has 0 radical (unpaired) electrons. The summed E-state index contributed by atoms with van der Waals surface area (Å²) in [5.74, 6) is 1.44. The third-order valence-corrected chi connectivity index (χ3v) is 7.33. The van der Waals surface area contributed by atoms with Crippen LogP contribution in [0.25, 0.3) is 16.6 Å². The second kappa shape index (κ2) is 10.7. The van der Waals surface area contributed by atoms with Crippen LogP contribution in [0.15, 0.2) is 102 Å². The molecule has 0 saturated carbocycles. The lowest BCUT2D eigenvalue weighted by molar-refractivity contribution is 0.0663. The Hall–Kier alpha value is -4.91. The molecule has 5 aromatic rings. The van der Waals surface area contributed by atoms with Crippen molar-refractivity contribution in [1.29, 1.82) is 0 Å². The van der Waals surface area contributed by atoms with Gasteiger partial charge in [-0.15, -0.1) is 0 Å². The van der Waals surface area contributed by atoms with Crippen LogP contribution >= 0.6 is 0 Å². The maximum atomic E-state index is 14.2. The predicted molar refractivity (Wildman–Crippen MR) is 154 cm³/mol. The Kier molecular flexibility index (Phi) is 6.78. The van der Waals surface area contributed by atoms with Crippen LogP contribution < -0.4 is 15.0 Å². The Morgan fingerprint density at radius 2 is 1.65 bits per heavy atom. The van der Waals surface area contributed by atoms with Crippen molar-refractivity contribution in [3.8, 4) is 17.2 Å². The maximum absolute atomic E-state index is 14.2. The molecule has 40 heavy (non-hydrogen) atoms. The number of hydrogen-bond acceptors (Lipinski definition) is 5. The van der Waals surface area contributed by atoms with Crippen LogP contribution in [0.2, 0.25) is 0 Å². The molecule has 200 valence electrons. The van der Waals surface area contributed by atoms with E-state index in [2.05, 4.69) is 6.92 Å². The number of amides is 1. The van der Waals surface area contributed by atoms with Crippen LogP contribution in [0.5, 0.6) is 11.5 Å². The van der Waals surface area contributed by atoms with Crippen molar-refractivity contribution in [3.05, 3.63) is 130 Å². The molecule has 1 aliphatic rings. The van der Waals surface area contributed by atoms with Crippen LogP contribution in [0.4, 0.5) is 0 Å². The molecule has 1 aliphatic heterocycles. The highest BCUT2D eigenvalue weighted by molar-refractivity contribution is 5.95. The normalized spacial score (nSPS) is 12.8. The lowest BCUT2D eigenvalue weighted by Crippen LogP contribution is -2.37. The number of hydrogen-bond donors (Lipinski definition) is 0. The van der Waals surface area contributed by atoms with Gasteiger partial charge in [0.1, 0.15) is 5.82 Å². The van der Waals surface area contributed by atoms with Crippen LogP contribution in [-0.2, 0) is 13.0 Å². The van der Waals surface area contributed by atoms with Crippen molar-refractivity contribution in [2.45, 2.75) is 32.9 Å². The van der Waals surface area contributed by atoms with Gasteiger partial charge in [-0.1, -0.05) is 67.6 Å². The smallest absolute Gasteiger partial charge is 0.266 e. The second-order valence-electron chi connectivity index (χ2n) is 9.77. The summed E-state index contributed by atoms with van der Waals surface area (Å²) in [6.07, 6.45) is 0.743. The van der Waals surface area contributed by atoms with Gasteiger partial charge >= 0.3 is 0 Å². The number of fused-ring (bicyclic) bond motifs is 2. The highest BCUT2D eigenvalue weighted by Gasteiger charge is 2.29. The van der Waals surface area contributed by atoms with Crippen molar-refractivity contribution in [2.24, 2.45) is 0 Å². The maximum Gasteiger partial charge on any atom is 0.266 e. The van der Waals surface area contributed by atoms with Crippen molar-refractivity contribution < 1.29 is 14.3 Å². The average molecular weight is 532 g/mol. The fourth-order valence-electron chi connectivity index (χ4n) is 5.19. The van der Waals surface area contributed by atoms with E-state index in [9.17, 15) is 9.59 Å². The van der Waals surface area contributed by atoms with E-state index in [0.717, 1.165) is 23.2 Å². The molecule has 7 nitrogen and oxygen atoms in total. The van der Waals surface area contributed by atoms with Crippen LogP contribution in [0.3, 0.4) is 0 Å². The summed E-state index contributed by atoms with van der Waals surface area (Å²) in [5.41, 5.74) is 3.65. The van der Waals surface area contributed by atoms with Crippen LogP contribution in [0, 0.1) is 0 Å². The lowest BCUT2D eigenvalue weighted by atomic mass is 10.1. The zero-order valence-corrected chi connectivity index (χ0v) is 22.4. The molecular formula is C33H29N3O4. The molecule has 0 N–H and O–H groups in total. The highest BCUT2D eigenvalue weighted by Crippen LogP contribution is 2.34. The van der Waals surface area contributed by atoms with Gasteiger partial charge in [-0.25, -0.2) is 4.98 Å². The Balaban J connectivity index is 1.53. The van der Waals surface area contributed by atoms with E-state index >= 15 is 0 Å². The van der Waals surface area contributed by atoms with Gasteiger partial charge in [-0.05, 0) is 60.9 Å². The topological polar surface area (TPSA) is 73.7 Å². The molecule has 4 aromatic carbocycles. The Labute approximate surface area is 232 Å². The Morgan fingerprint density at radius 1 is 0.925 bits per heavy atom. The first-order chi connectivity index (χ1) is 19.5. The Morgan fingerprint density at radius 3 is 2.48 bits per heavy atom. The standard InChI is InChI=1S/C33H29N3O4/c1-3-24-13-7-10-16-28(24)36-31(34-27-15-9-8-14-26(27)33(36)38)22(2)35(20-23-11-5-4-6-12-23)32(37)25-17-18-29-30(19-25)40-21-39-29/h4-19,22H,3,20-21H2,1-2H3. The third kappa shape index (κ3) is 4.60. The number of ether oxygens (including phenoxy) is 2. The summed E-state index contributed by atoms with van der Waals surface area (Å²) in [6, 6.07) is 29.7. The van der Waals surface area contributed by atoms with Crippen molar-refractivity contribution in [3.63, 3.8) is 0 Å². The number of para-hydroxylation sites is 2. The first kappa shape index (κ1) is 25.4. The molecular weight excluding hydrogens is 502 g/mol. The largest absolute Gasteiger partial charge is 0.454 e.